The maximum Gasteiger partial charge on any atom is 0.228 e. The summed E-state index contributed by atoms with van der Waals surface area (Å²) in [7, 11) is 1.84. The lowest BCUT2D eigenvalue weighted by Crippen LogP contribution is -2.28. The van der Waals surface area contributed by atoms with Gasteiger partial charge in [0, 0.05) is 24.8 Å². The molecular formula is C16H24N2O3. The molecular weight excluding hydrogens is 268 g/mol. The molecule has 2 rings (SSSR count). The summed E-state index contributed by atoms with van der Waals surface area (Å²) >= 11 is 0. The zero-order valence-corrected chi connectivity index (χ0v) is 12.7. The van der Waals surface area contributed by atoms with E-state index >= 15 is 0 Å². The normalized spacial score (nSPS) is 19.2. The number of ether oxygens (including phenoxy) is 2. The maximum absolute atomic E-state index is 11.9. The highest BCUT2D eigenvalue weighted by Crippen LogP contribution is 2.18. The molecule has 0 radical (unpaired) electrons. The van der Waals surface area contributed by atoms with E-state index in [4.69, 9.17) is 9.47 Å². The molecule has 2 atom stereocenters. The SMILES string of the molecule is CNCC(C)C(=O)Nc1ccc(OCC2CCCO2)cc1. The summed E-state index contributed by atoms with van der Waals surface area (Å²) in [4.78, 5) is 11.9. The van der Waals surface area contributed by atoms with Crippen molar-refractivity contribution in [3.05, 3.63) is 24.3 Å². The third kappa shape index (κ3) is 5.02. The lowest BCUT2D eigenvalue weighted by Gasteiger charge is -2.13. The quantitative estimate of drug-likeness (QED) is 0.807. The van der Waals surface area contributed by atoms with E-state index in [1.165, 1.54) is 0 Å². The van der Waals surface area contributed by atoms with Crippen LogP contribution in [0.15, 0.2) is 24.3 Å². The maximum atomic E-state index is 11.9. The second kappa shape index (κ2) is 8.00. The highest BCUT2D eigenvalue weighted by Gasteiger charge is 2.16. The van der Waals surface area contributed by atoms with Crippen LogP contribution in [0.4, 0.5) is 5.69 Å². The Morgan fingerprint density at radius 3 is 2.81 bits per heavy atom. The van der Waals surface area contributed by atoms with Crippen LogP contribution in [0, 0.1) is 5.92 Å². The van der Waals surface area contributed by atoms with Crippen molar-refractivity contribution in [1.29, 1.82) is 0 Å². The molecule has 5 heteroatoms. The summed E-state index contributed by atoms with van der Waals surface area (Å²) in [5, 5.41) is 5.89. The van der Waals surface area contributed by atoms with Gasteiger partial charge in [-0.2, -0.15) is 0 Å². The number of benzene rings is 1. The van der Waals surface area contributed by atoms with Crippen LogP contribution in [0.3, 0.4) is 0 Å². The molecule has 2 unspecified atom stereocenters. The van der Waals surface area contributed by atoms with Crippen LogP contribution in [-0.4, -0.2) is 38.8 Å². The fourth-order valence-electron chi connectivity index (χ4n) is 2.26. The monoisotopic (exact) mass is 292 g/mol. The van der Waals surface area contributed by atoms with Crippen molar-refractivity contribution in [3.63, 3.8) is 0 Å². The Bertz CT molecular complexity index is 441. The average molecular weight is 292 g/mol. The van der Waals surface area contributed by atoms with Crippen molar-refractivity contribution in [2.45, 2.75) is 25.9 Å². The minimum atomic E-state index is -0.0644. The number of carbonyl (C=O) groups is 1. The molecule has 0 aromatic heterocycles. The smallest absolute Gasteiger partial charge is 0.228 e. The molecule has 1 fully saturated rings. The van der Waals surface area contributed by atoms with Gasteiger partial charge in [-0.1, -0.05) is 6.92 Å². The lowest BCUT2D eigenvalue weighted by molar-refractivity contribution is -0.119. The number of nitrogens with one attached hydrogen (secondary N) is 2. The van der Waals surface area contributed by atoms with Gasteiger partial charge < -0.3 is 20.1 Å². The van der Waals surface area contributed by atoms with E-state index in [1.807, 2.05) is 38.2 Å². The summed E-state index contributed by atoms with van der Waals surface area (Å²) in [5.41, 5.74) is 0.785. The first-order chi connectivity index (χ1) is 10.2. The van der Waals surface area contributed by atoms with Gasteiger partial charge in [-0.3, -0.25) is 4.79 Å². The van der Waals surface area contributed by atoms with Gasteiger partial charge in [0.2, 0.25) is 5.91 Å². The topological polar surface area (TPSA) is 59.6 Å². The molecule has 1 aromatic carbocycles. The number of rotatable bonds is 7. The van der Waals surface area contributed by atoms with Crippen LogP contribution in [0.25, 0.3) is 0 Å². The van der Waals surface area contributed by atoms with Crippen molar-refractivity contribution in [3.8, 4) is 5.75 Å². The molecule has 0 aliphatic carbocycles. The Morgan fingerprint density at radius 1 is 1.43 bits per heavy atom. The highest BCUT2D eigenvalue weighted by molar-refractivity contribution is 5.92. The van der Waals surface area contributed by atoms with Crippen LogP contribution < -0.4 is 15.4 Å². The van der Waals surface area contributed by atoms with Crippen LogP contribution in [0.2, 0.25) is 0 Å². The van der Waals surface area contributed by atoms with Crippen molar-refractivity contribution in [2.75, 3.05) is 32.1 Å². The summed E-state index contributed by atoms with van der Waals surface area (Å²) in [6, 6.07) is 7.45. The van der Waals surface area contributed by atoms with Gasteiger partial charge in [0.15, 0.2) is 0 Å². The average Bonchev–Trinajstić information content (AvgIpc) is 3.00. The largest absolute Gasteiger partial charge is 0.491 e. The van der Waals surface area contributed by atoms with Crippen molar-refractivity contribution in [1.82, 2.24) is 5.32 Å². The number of amides is 1. The second-order valence-electron chi connectivity index (χ2n) is 5.42. The number of hydrogen-bond acceptors (Lipinski definition) is 4. The standard InChI is InChI=1S/C16H24N2O3/c1-12(10-17-2)16(19)18-13-5-7-14(8-6-13)21-11-15-4-3-9-20-15/h5-8,12,15,17H,3-4,9-11H2,1-2H3,(H,18,19). The zero-order valence-electron chi connectivity index (χ0n) is 12.7. The van der Waals surface area contributed by atoms with Gasteiger partial charge >= 0.3 is 0 Å². The van der Waals surface area contributed by atoms with Gasteiger partial charge in [-0.05, 0) is 44.2 Å². The molecule has 2 N–H and O–H groups in total. The van der Waals surface area contributed by atoms with E-state index in [0.717, 1.165) is 30.9 Å². The zero-order chi connectivity index (χ0) is 15.1. The van der Waals surface area contributed by atoms with Crippen molar-refractivity contribution in [2.24, 2.45) is 5.92 Å². The molecule has 21 heavy (non-hydrogen) atoms. The molecule has 5 nitrogen and oxygen atoms in total. The van der Waals surface area contributed by atoms with Crippen LogP contribution in [0.1, 0.15) is 19.8 Å². The van der Waals surface area contributed by atoms with E-state index in [0.29, 0.717) is 13.2 Å². The number of anilines is 1. The van der Waals surface area contributed by atoms with Crippen LogP contribution in [0.5, 0.6) is 5.75 Å². The molecule has 0 bridgehead atoms. The first-order valence-corrected chi connectivity index (χ1v) is 7.49. The minimum absolute atomic E-state index is 0.0115. The Labute approximate surface area is 126 Å². The molecule has 1 heterocycles. The Kier molecular flexibility index (Phi) is 6.02. The molecule has 0 spiro atoms. The van der Waals surface area contributed by atoms with Crippen LogP contribution in [-0.2, 0) is 9.53 Å². The Balaban J connectivity index is 1.79. The molecule has 116 valence electrons. The predicted octanol–water partition coefficient (Wildman–Crippen LogP) is 2.04. The lowest BCUT2D eigenvalue weighted by atomic mass is 10.1. The Hall–Kier alpha value is -1.59. The third-order valence-corrected chi connectivity index (χ3v) is 3.54. The van der Waals surface area contributed by atoms with E-state index in [-0.39, 0.29) is 17.9 Å². The summed E-state index contributed by atoms with van der Waals surface area (Å²) < 4.78 is 11.2. The van der Waals surface area contributed by atoms with Gasteiger partial charge in [0.1, 0.15) is 12.4 Å². The van der Waals surface area contributed by atoms with Gasteiger partial charge in [0.05, 0.1) is 6.10 Å². The van der Waals surface area contributed by atoms with E-state index in [2.05, 4.69) is 10.6 Å². The van der Waals surface area contributed by atoms with E-state index in [1.54, 1.807) is 0 Å². The third-order valence-electron chi connectivity index (χ3n) is 3.54. The van der Waals surface area contributed by atoms with Gasteiger partial charge in [-0.15, -0.1) is 0 Å². The van der Waals surface area contributed by atoms with Crippen molar-refractivity contribution < 1.29 is 14.3 Å². The van der Waals surface area contributed by atoms with E-state index in [9.17, 15) is 4.79 Å². The molecule has 0 saturated carbocycles. The molecule has 1 saturated heterocycles. The highest BCUT2D eigenvalue weighted by atomic mass is 16.5. The summed E-state index contributed by atoms with van der Waals surface area (Å²) in [6.45, 7) is 3.98. The predicted molar refractivity (Wildman–Crippen MR) is 82.6 cm³/mol. The summed E-state index contributed by atoms with van der Waals surface area (Å²) in [5.74, 6) is 0.745. The number of carbonyl (C=O) groups excluding carboxylic acids is 1. The first-order valence-electron chi connectivity index (χ1n) is 7.49. The van der Waals surface area contributed by atoms with E-state index < -0.39 is 0 Å². The number of hydrogen-bond donors (Lipinski definition) is 2. The molecule has 1 aliphatic heterocycles. The molecule has 1 amide bonds. The van der Waals surface area contributed by atoms with Gasteiger partial charge in [-0.25, -0.2) is 0 Å². The second-order valence-corrected chi connectivity index (χ2v) is 5.42. The fraction of sp³-hybridized carbons (Fsp3) is 0.562. The molecule has 1 aliphatic rings. The van der Waals surface area contributed by atoms with Crippen LogP contribution >= 0.6 is 0 Å². The van der Waals surface area contributed by atoms with Crippen molar-refractivity contribution >= 4 is 11.6 Å². The first kappa shape index (κ1) is 15.8. The Morgan fingerprint density at radius 2 is 2.19 bits per heavy atom. The minimum Gasteiger partial charge on any atom is -0.491 e. The molecule has 1 aromatic rings. The van der Waals surface area contributed by atoms with Gasteiger partial charge in [0.25, 0.3) is 0 Å². The summed E-state index contributed by atoms with van der Waals surface area (Å²) in [6.07, 6.45) is 2.40. The fourth-order valence-corrected chi connectivity index (χ4v) is 2.26.